The molecule has 1 unspecified atom stereocenters. The van der Waals surface area contributed by atoms with Crippen molar-refractivity contribution in [3.63, 3.8) is 0 Å². The van der Waals surface area contributed by atoms with Crippen LogP contribution in [0.5, 0.6) is 5.75 Å². The average Bonchev–Trinajstić information content (AvgIpc) is 2.34. The molecule has 1 aromatic carbocycles. The van der Waals surface area contributed by atoms with Gasteiger partial charge in [0.2, 0.25) is 6.41 Å². The normalized spacial score (nSPS) is 12.0. The van der Waals surface area contributed by atoms with E-state index in [4.69, 9.17) is 4.74 Å². The number of benzene rings is 1. The summed E-state index contributed by atoms with van der Waals surface area (Å²) in [6.07, 6.45) is 0.558. The number of carbonyl (C=O) groups excluding carboxylic acids is 1. The first-order valence-corrected chi connectivity index (χ1v) is 5.60. The largest absolute Gasteiger partial charge is 0.497 e. The lowest BCUT2D eigenvalue weighted by atomic mass is 10.0. The molecule has 0 aliphatic carbocycles. The number of rotatable bonds is 6. The molecule has 0 aliphatic rings. The third kappa shape index (κ3) is 3.00. The summed E-state index contributed by atoms with van der Waals surface area (Å²) in [4.78, 5) is 23.7. The number of carboxylic acid groups (broad SMARTS) is 1. The summed E-state index contributed by atoms with van der Waals surface area (Å²) in [5.41, 5.74) is 0.516. The monoisotopic (exact) mass is 251 g/mol. The molecule has 0 aromatic heterocycles. The molecular weight excluding hydrogens is 234 g/mol. The Bertz CT molecular complexity index is 431. The lowest BCUT2D eigenvalue weighted by molar-refractivity contribution is -0.148. The highest BCUT2D eigenvalue weighted by molar-refractivity contribution is 5.78. The van der Waals surface area contributed by atoms with Crippen LogP contribution in [0, 0.1) is 0 Å². The van der Waals surface area contributed by atoms with Gasteiger partial charge in [-0.25, -0.2) is 4.79 Å². The number of hydrogen-bond acceptors (Lipinski definition) is 3. The van der Waals surface area contributed by atoms with Crippen LogP contribution in [0.1, 0.15) is 25.5 Å². The lowest BCUT2D eigenvalue weighted by Crippen LogP contribution is -2.38. The number of amides is 1. The van der Waals surface area contributed by atoms with Gasteiger partial charge < -0.3 is 14.7 Å². The maximum Gasteiger partial charge on any atom is 0.331 e. The molecule has 5 heteroatoms. The summed E-state index contributed by atoms with van der Waals surface area (Å²) < 4.78 is 5.06. The first-order valence-electron chi connectivity index (χ1n) is 5.60. The zero-order chi connectivity index (χ0) is 13.7. The predicted octanol–water partition coefficient (Wildman–Crippen LogP) is 1.69. The molecule has 0 saturated carbocycles. The third-order valence-electron chi connectivity index (χ3n) is 2.66. The summed E-state index contributed by atoms with van der Waals surface area (Å²) in [5.74, 6) is -0.502. The number of nitrogens with zero attached hydrogens (tertiary/aromatic N) is 1. The van der Waals surface area contributed by atoms with Crippen molar-refractivity contribution in [1.29, 1.82) is 0 Å². The minimum Gasteiger partial charge on any atom is -0.497 e. The summed E-state index contributed by atoms with van der Waals surface area (Å²) in [6, 6.07) is 5.52. The van der Waals surface area contributed by atoms with Crippen LogP contribution in [0.2, 0.25) is 0 Å². The molecule has 0 fully saturated rings. The Balaban J connectivity index is 3.18. The van der Waals surface area contributed by atoms with Gasteiger partial charge in [0, 0.05) is 6.04 Å². The van der Waals surface area contributed by atoms with Crippen molar-refractivity contribution in [1.82, 2.24) is 4.90 Å². The molecule has 18 heavy (non-hydrogen) atoms. The van der Waals surface area contributed by atoms with E-state index in [9.17, 15) is 14.7 Å². The van der Waals surface area contributed by atoms with Crippen molar-refractivity contribution in [2.24, 2.45) is 0 Å². The molecule has 0 bridgehead atoms. The summed E-state index contributed by atoms with van der Waals surface area (Å²) in [5, 5.41) is 9.30. The lowest BCUT2D eigenvalue weighted by Gasteiger charge is -2.29. The fourth-order valence-electron chi connectivity index (χ4n) is 1.73. The van der Waals surface area contributed by atoms with Crippen LogP contribution >= 0.6 is 0 Å². The second-order valence-electron chi connectivity index (χ2n) is 4.16. The average molecular weight is 251 g/mol. The number of carbonyl (C=O) groups is 2. The minimum atomic E-state index is -1.07. The zero-order valence-electron chi connectivity index (χ0n) is 10.7. The Morgan fingerprint density at radius 2 is 2.11 bits per heavy atom. The van der Waals surface area contributed by atoms with Crippen molar-refractivity contribution in [3.05, 3.63) is 29.8 Å². The van der Waals surface area contributed by atoms with E-state index in [0.29, 0.717) is 17.7 Å². The van der Waals surface area contributed by atoms with Crippen molar-refractivity contribution in [2.75, 3.05) is 7.11 Å². The standard InChI is InChI=1S/C13H17NO4/c1-9(2)14(8-15)12(13(16)17)10-5-4-6-11(7-10)18-3/h4-9,12H,1-3H3,(H,16,17). The zero-order valence-corrected chi connectivity index (χ0v) is 10.7. The summed E-state index contributed by atoms with van der Waals surface area (Å²) >= 11 is 0. The minimum absolute atomic E-state index is 0.199. The highest BCUT2D eigenvalue weighted by atomic mass is 16.5. The van der Waals surface area contributed by atoms with Gasteiger partial charge in [-0.1, -0.05) is 12.1 Å². The fourth-order valence-corrected chi connectivity index (χ4v) is 1.73. The van der Waals surface area contributed by atoms with Crippen LogP contribution in [-0.4, -0.2) is 35.5 Å². The van der Waals surface area contributed by atoms with Crippen LogP contribution in [0.4, 0.5) is 0 Å². The molecule has 0 heterocycles. The molecule has 1 N–H and O–H groups in total. The molecule has 1 amide bonds. The first kappa shape index (κ1) is 14.0. The molecule has 0 aliphatic heterocycles. The van der Waals surface area contributed by atoms with E-state index in [1.54, 1.807) is 38.1 Å². The van der Waals surface area contributed by atoms with Gasteiger partial charge in [-0.15, -0.1) is 0 Å². The first-order chi connectivity index (χ1) is 8.51. The van der Waals surface area contributed by atoms with Gasteiger partial charge >= 0.3 is 5.97 Å². The van der Waals surface area contributed by atoms with Crippen LogP contribution in [-0.2, 0) is 9.59 Å². The van der Waals surface area contributed by atoms with Gasteiger partial charge in [-0.05, 0) is 31.5 Å². The van der Waals surface area contributed by atoms with Crippen LogP contribution in [0.3, 0.4) is 0 Å². The number of methoxy groups -OCH3 is 1. The van der Waals surface area contributed by atoms with Crippen LogP contribution in [0.25, 0.3) is 0 Å². The van der Waals surface area contributed by atoms with Gasteiger partial charge in [0.25, 0.3) is 0 Å². The van der Waals surface area contributed by atoms with Gasteiger partial charge in [0.15, 0.2) is 6.04 Å². The van der Waals surface area contributed by atoms with Crippen molar-refractivity contribution in [2.45, 2.75) is 25.9 Å². The molecule has 5 nitrogen and oxygen atoms in total. The van der Waals surface area contributed by atoms with E-state index >= 15 is 0 Å². The number of hydrogen-bond donors (Lipinski definition) is 1. The van der Waals surface area contributed by atoms with Crippen molar-refractivity contribution in [3.8, 4) is 5.75 Å². The number of aliphatic carboxylic acids is 1. The SMILES string of the molecule is COc1cccc(C(C(=O)O)N(C=O)C(C)C)c1. The molecule has 1 rings (SSSR count). The van der Waals surface area contributed by atoms with E-state index in [0.717, 1.165) is 0 Å². The van der Waals surface area contributed by atoms with Crippen LogP contribution in [0.15, 0.2) is 24.3 Å². The smallest absolute Gasteiger partial charge is 0.331 e. The number of carboxylic acids is 1. The molecule has 1 atom stereocenters. The van der Waals surface area contributed by atoms with Crippen molar-refractivity contribution >= 4 is 12.4 Å². The van der Waals surface area contributed by atoms with E-state index in [-0.39, 0.29) is 6.04 Å². The van der Waals surface area contributed by atoms with Gasteiger partial charge in [0.1, 0.15) is 5.75 Å². The Labute approximate surface area is 106 Å². The Morgan fingerprint density at radius 1 is 1.44 bits per heavy atom. The Kier molecular flexibility index (Phi) is 4.71. The topological polar surface area (TPSA) is 66.8 Å². The predicted molar refractivity (Wildman–Crippen MR) is 66.4 cm³/mol. The van der Waals surface area contributed by atoms with E-state index < -0.39 is 12.0 Å². The molecule has 0 radical (unpaired) electrons. The molecule has 0 spiro atoms. The summed E-state index contributed by atoms with van der Waals surface area (Å²) in [7, 11) is 1.51. The summed E-state index contributed by atoms with van der Waals surface area (Å²) in [6.45, 7) is 3.54. The second kappa shape index (κ2) is 6.05. The fraction of sp³-hybridized carbons (Fsp3) is 0.385. The molecular formula is C13H17NO4. The van der Waals surface area contributed by atoms with E-state index in [1.165, 1.54) is 12.0 Å². The van der Waals surface area contributed by atoms with Gasteiger partial charge in [0.05, 0.1) is 7.11 Å². The maximum absolute atomic E-state index is 11.4. The molecule has 0 saturated heterocycles. The quantitative estimate of drug-likeness (QED) is 0.781. The Hall–Kier alpha value is -2.04. The van der Waals surface area contributed by atoms with E-state index in [2.05, 4.69) is 0 Å². The van der Waals surface area contributed by atoms with E-state index in [1.807, 2.05) is 0 Å². The highest BCUT2D eigenvalue weighted by Gasteiger charge is 2.28. The van der Waals surface area contributed by atoms with Crippen LogP contribution < -0.4 is 4.74 Å². The molecule has 1 aromatic rings. The Morgan fingerprint density at radius 3 is 2.56 bits per heavy atom. The highest BCUT2D eigenvalue weighted by Crippen LogP contribution is 2.25. The maximum atomic E-state index is 11.4. The molecule has 98 valence electrons. The number of ether oxygens (including phenoxy) is 1. The van der Waals surface area contributed by atoms with Gasteiger partial charge in [-0.2, -0.15) is 0 Å². The van der Waals surface area contributed by atoms with Gasteiger partial charge in [-0.3, -0.25) is 4.79 Å². The second-order valence-corrected chi connectivity index (χ2v) is 4.16. The third-order valence-corrected chi connectivity index (χ3v) is 2.66. The van der Waals surface area contributed by atoms with Crippen molar-refractivity contribution < 1.29 is 19.4 Å².